The van der Waals surface area contributed by atoms with Crippen molar-refractivity contribution in [3.63, 3.8) is 0 Å². The van der Waals surface area contributed by atoms with Crippen molar-refractivity contribution < 1.29 is 10.2 Å². The average molecular weight is 799 g/mol. The summed E-state index contributed by atoms with van der Waals surface area (Å²) in [5.41, 5.74) is 4.40. The van der Waals surface area contributed by atoms with Gasteiger partial charge in [0.15, 0.2) is 0 Å². The molecule has 0 fully saturated rings. The zero-order chi connectivity index (χ0) is 39.8. The third kappa shape index (κ3) is 53.5. The molecular formula is C48H98N2O2S2. The minimum absolute atomic E-state index is 0.117. The number of nitrogens with zero attached hydrogens (tertiary/aromatic N) is 1. The topological polar surface area (TPSA) is 69.7 Å². The molecule has 0 aliphatic rings. The molecule has 0 aliphatic heterocycles. The summed E-state index contributed by atoms with van der Waals surface area (Å²) < 4.78 is 0. The molecule has 0 saturated carbocycles. The second kappa shape index (κ2) is 50.4. The van der Waals surface area contributed by atoms with Crippen LogP contribution in [0.4, 0.5) is 0 Å². The van der Waals surface area contributed by atoms with Crippen LogP contribution in [0.3, 0.4) is 0 Å². The smallest absolute Gasteiger partial charge is 0.256 e. The molecule has 6 heteroatoms. The van der Waals surface area contributed by atoms with Crippen molar-refractivity contribution >= 4 is 34.8 Å². The van der Waals surface area contributed by atoms with Crippen LogP contribution in [0.15, 0.2) is 0 Å². The molecule has 0 unspecified atom stereocenters. The molecule has 0 aromatic carbocycles. The van der Waals surface area contributed by atoms with E-state index in [-0.39, 0.29) is 5.17 Å². The van der Waals surface area contributed by atoms with E-state index in [0.29, 0.717) is 0 Å². The van der Waals surface area contributed by atoms with Crippen LogP contribution in [0.1, 0.15) is 284 Å². The minimum Gasteiger partial charge on any atom is -0.487 e. The van der Waals surface area contributed by atoms with Crippen molar-refractivity contribution in [1.29, 1.82) is 0 Å². The van der Waals surface area contributed by atoms with Crippen LogP contribution in [0.5, 0.6) is 0 Å². The number of thiocarbonyl (C=S) groups is 2. The molecular weight excluding hydrogens is 701 g/mol. The summed E-state index contributed by atoms with van der Waals surface area (Å²) in [5.74, 6) is 0. The molecule has 0 aromatic heterocycles. The van der Waals surface area contributed by atoms with Crippen LogP contribution < -0.4 is 5.73 Å². The summed E-state index contributed by atoms with van der Waals surface area (Å²) in [6.07, 6.45) is 59.5. The molecule has 0 amide bonds. The van der Waals surface area contributed by atoms with Crippen LogP contribution in [0.25, 0.3) is 0 Å². The van der Waals surface area contributed by atoms with Crippen LogP contribution in [0.2, 0.25) is 0 Å². The molecule has 0 rings (SSSR count). The lowest BCUT2D eigenvalue weighted by atomic mass is 10.0. The first-order valence-electron chi connectivity index (χ1n) is 24.4. The summed E-state index contributed by atoms with van der Waals surface area (Å²) in [6.45, 7) is 6.48. The Bertz CT molecular complexity index is 673. The van der Waals surface area contributed by atoms with E-state index in [2.05, 4.69) is 36.7 Å². The van der Waals surface area contributed by atoms with Crippen LogP contribution in [-0.2, 0) is 0 Å². The van der Waals surface area contributed by atoms with E-state index in [0.717, 1.165) is 13.1 Å². The molecule has 4 nitrogen and oxygen atoms in total. The van der Waals surface area contributed by atoms with Gasteiger partial charge in [-0.1, -0.05) is 271 Å². The SMILES string of the molecule is CCCCCCCCCCCCCCCCCCCCCCCN(CCCCCCCCCCCCCCCCCCCCCCC)C(O)=S.NC(O)=S. The molecule has 0 atom stereocenters. The number of unbranched alkanes of at least 4 members (excludes halogenated alkanes) is 40. The summed E-state index contributed by atoms with van der Waals surface area (Å²) >= 11 is 9.03. The molecule has 0 bridgehead atoms. The largest absolute Gasteiger partial charge is 0.487 e. The van der Waals surface area contributed by atoms with Crippen molar-refractivity contribution in [2.45, 2.75) is 284 Å². The monoisotopic (exact) mass is 799 g/mol. The standard InChI is InChI=1S/C47H95NOS.CH3NOS/c1-3-5-7-9-11-13-15-17-19-21-23-25-27-29-31-33-35-37-39-41-43-45-48(47(49)50)46-44-42-40-38-36-34-32-30-28-26-24-22-20-18-16-14-12-10-8-6-4-2;2-1(3)4/h3-46H2,1-2H3,(H,49,50);(H3,2,3,4). The highest BCUT2D eigenvalue weighted by molar-refractivity contribution is 7.80. The quantitative estimate of drug-likeness (QED) is 0.0421. The van der Waals surface area contributed by atoms with Crippen molar-refractivity contribution in [1.82, 2.24) is 4.90 Å². The predicted octanol–water partition coefficient (Wildman–Crippen LogP) is 17.3. The first-order chi connectivity index (χ1) is 26.5. The zero-order valence-electron chi connectivity index (χ0n) is 36.8. The van der Waals surface area contributed by atoms with Gasteiger partial charge in [-0.15, -0.1) is 0 Å². The van der Waals surface area contributed by atoms with Crippen molar-refractivity contribution in [3.8, 4) is 0 Å². The fraction of sp³-hybridized carbons (Fsp3) is 0.958. The van der Waals surface area contributed by atoms with E-state index >= 15 is 0 Å². The fourth-order valence-corrected chi connectivity index (χ4v) is 7.95. The van der Waals surface area contributed by atoms with Gasteiger partial charge in [0.2, 0.25) is 0 Å². The van der Waals surface area contributed by atoms with Crippen molar-refractivity contribution in [2.75, 3.05) is 13.1 Å². The lowest BCUT2D eigenvalue weighted by molar-refractivity contribution is 0.326. The number of nitrogens with two attached hydrogens (primary N) is 1. The number of rotatable bonds is 44. The summed E-state index contributed by atoms with van der Waals surface area (Å²) in [5, 5.41) is 17.2. The van der Waals surface area contributed by atoms with Crippen LogP contribution in [0, 0.1) is 0 Å². The van der Waals surface area contributed by atoms with E-state index in [1.807, 2.05) is 0 Å². The maximum atomic E-state index is 10.0. The van der Waals surface area contributed by atoms with Crippen LogP contribution >= 0.6 is 24.4 Å². The molecule has 0 aromatic rings. The van der Waals surface area contributed by atoms with Gasteiger partial charge >= 0.3 is 0 Å². The highest BCUT2D eigenvalue weighted by Gasteiger charge is 2.07. The Morgan fingerprint density at radius 3 is 0.574 bits per heavy atom. The third-order valence-electron chi connectivity index (χ3n) is 11.3. The van der Waals surface area contributed by atoms with Gasteiger partial charge < -0.3 is 20.8 Å². The highest BCUT2D eigenvalue weighted by Crippen LogP contribution is 2.17. The van der Waals surface area contributed by atoms with E-state index in [4.69, 9.17) is 17.3 Å². The summed E-state index contributed by atoms with van der Waals surface area (Å²) in [6, 6.07) is 0. The second-order valence-corrected chi connectivity index (χ2v) is 17.5. The molecule has 0 saturated heterocycles. The van der Waals surface area contributed by atoms with Gasteiger partial charge in [0.1, 0.15) is 0 Å². The second-order valence-electron chi connectivity index (χ2n) is 16.7. The maximum absolute atomic E-state index is 10.0. The first kappa shape index (κ1) is 55.5. The molecule has 0 spiro atoms. The Morgan fingerprint density at radius 1 is 0.315 bits per heavy atom. The highest BCUT2D eigenvalue weighted by atomic mass is 32.1. The van der Waals surface area contributed by atoms with Gasteiger partial charge in [0.05, 0.1) is 0 Å². The Morgan fingerprint density at radius 2 is 0.444 bits per heavy atom. The Balaban J connectivity index is 0. The van der Waals surface area contributed by atoms with Gasteiger partial charge in [-0.3, -0.25) is 0 Å². The third-order valence-corrected chi connectivity index (χ3v) is 11.6. The molecule has 0 radical (unpaired) electrons. The van der Waals surface area contributed by atoms with Gasteiger partial charge in [0.25, 0.3) is 10.3 Å². The summed E-state index contributed by atoms with van der Waals surface area (Å²) in [4.78, 5) is 2.06. The zero-order valence-corrected chi connectivity index (χ0v) is 38.5. The summed E-state index contributed by atoms with van der Waals surface area (Å²) in [7, 11) is 0. The lowest BCUT2D eigenvalue weighted by Gasteiger charge is -2.21. The van der Waals surface area contributed by atoms with Gasteiger partial charge in [0, 0.05) is 13.1 Å². The molecule has 54 heavy (non-hydrogen) atoms. The van der Waals surface area contributed by atoms with E-state index in [9.17, 15) is 5.11 Å². The fourth-order valence-electron chi connectivity index (χ4n) is 7.77. The first-order valence-corrected chi connectivity index (χ1v) is 25.2. The number of aliphatic hydroxyl groups excluding tert-OH is 2. The number of hydrogen-bond donors (Lipinski definition) is 3. The number of aliphatic hydroxyl groups is 2. The van der Waals surface area contributed by atoms with Gasteiger partial charge in [-0.05, 0) is 37.3 Å². The van der Waals surface area contributed by atoms with E-state index in [1.54, 1.807) is 0 Å². The average Bonchev–Trinajstić information content (AvgIpc) is 3.14. The number of hydrogen-bond acceptors (Lipinski definition) is 2. The Hall–Kier alpha value is -0.620. The minimum atomic E-state index is -0.500. The molecule has 324 valence electrons. The molecule has 0 heterocycles. The Kier molecular flexibility index (Phi) is 51.8. The molecule has 4 N–H and O–H groups in total. The van der Waals surface area contributed by atoms with Crippen LogP contribution in [-0.4, -0.2) is 38.6 Å². The maximum Gasteiger partial charge on any atom is 0.256 e. The normalized spacial score (nSPS) is 11.1. The van der Waals surface area contributed by atoms with Crippen molar-refractivity contribution in [2.24, 2.45) is 5.73 Å². The Labute approximate surface area is 350 Å². The molecule has 0 aliphatic carbocycles. The van der Waals surface area contributed by atoms with Gasteiger partial charge in [-0.25, -0.2) is 0 Å². The van der Waals surface area contributed by atoms with Gasteiger partial charge in [-0.2, -0.15) is 0 Å². The van der Waals surface area contributed by atoms with Crippen molar-refractivity contribution in [3.05, 3.63) is 0 Å². The van der Waals surface area contributed by atoms with E-state index < -0.39 is 5.17 Å². The predicted molar refractivity (Wildman–Crippen MR) is 251 cm³/mol. The van der Waals surface area contributed by atoms with E-state index in [1.165, 1.54) is 270 Å². The lowest BCUT2D eigenvalue weighted by Crippen LogP contribution is -2.31.